The molecule has 3 aromatic rings. The third-order valence-corrected chi connectivity index (χ3v) is 3.92. The van der Waals surface area contributed by atoms with Crippen molar-refractivity contribution in [3.63, 3.8) is 0 Å². The number of para-hydroxylation sites is 1. The van der Waals surface area contributed by atoms with Crippen molar-refractivity contribution < 1.29 is 4.42 Å². The van der Waals surface area contributed by atoms with Crippen LogP contribution in [0.15, 0.2) is 63.8 Å². The highest BCUT2D eigenvalue weighted by molar-refractivity contribution is 5.78. The number of anilines is 1. The predicted octanol–water partition coefficient (Wildman–Crippen LogP) is 4.31. The van der Waals surface area contributed by atoms with Gasteiger partial charge in [-0.05, 0) is 50.2 Å². The third-order valence-electron chi connectivity index (χ3n) is 3.92. The van der Waals surface area contributed by atoms with Crippen molar-refractivity contribution in [3.8, 4) is 11.3 Å². The number of rotatable bonds is 4. The normalized spacial score (nSPS) is 10.8. The van der Waals surface area contributed by atoms with Gasteiger partial charge in [0.05, 0.1) is 5.39 Å². The lowest BCUT2D eigenvalue weighted by molar-refractivity contribution is 0.619. The van der Waals surface area contributed by atoms with Crippen molar-refractivity contribution in [2.24, 2.45) is 0 Å². The molecule has 0 spiro atoms. The second-order valence-electron chi connectivity index (χ2n) is 5.19. The van der Waals surface area contributed by atoms with E-state index < -0.39 is 0 Å². The smallest absolute Gasteiger partial charge is 0.193 e. The van der Waals surface area contributed by atoms with Crippen molar-refractivity contribution in [1.82, 2.24) is 0 Å². The SMILES string of the molecule is CCN(CC)c1ccc(-c2cc(=O)c3ccccc3o2)cc1. The Morgan fingerprint density at radius 3 is 2.32 bits per heavy atom. The van der Waals surface area contributed by atoms with Crippen LogP contribution in [0.5, 0.6) is 0 Å². The Labute approximate surface area is 129 Å². The summed E-state index contributed by atoms with van der Waals surface area (Å²) in [4.78, 5) is 14.5. The van der Waals surface area contributed by atoms with E-state index in [1.807, 2.05) is 30.3 Å². The first kappa shape index (κ1) is 14.4. The minimum absolute atomic E-state index is 0.00957. The maximum Gasteiger partial charge on any atom is 0.193 e. The van der Waals surface area contributed by atoms with Crippen molar-refractivity contribution in [3.05, 3.63) is 64.8 Å². The van der Waals surface area contributed by atoms with Crippen LogP contribution in [0.4, 0.5) is 5.69 Å². The lowest BCUT2D eigenvalue weighted by Crippen LogP contribution is -2.21. The van der Waals surface area contributed by atoms with E-state index >= 15 is 0 Å². The molecule has 0 amide bonds. The highest BCUT2D eigenvalue weighted by atomic mass is 16.3. The predicted molar refractivity (Wildman–Crippen MR) is 91.5 cm³/mol. The number of hydrogen-bond acceptors (Lipinski definition) is 3. The maximum absolute atomic E-state index is 12.2. The molecule has 0 aliphatic carbocycles. The van der Waals surface area contributed by atoms with Gasteiger partial charge in [-0.2, -0.15) is 0 Å². The van der Waals surface area contributed by atoms with E-state index in [0.717, 1.165) is 18.7 Å². The molecule has 0 radical (unpaired) electrons. The highest BCUT2D eigenvalue weighted by Gasteiger charge is 2.07. The average molecular weight is 293 g/mol. The van der Waals surface area contributed by atoms with E-state index in [-0.39, 0.29) is 5.43 Å². The van der Waals surface area contributed by atoms with Gasteiger partial charge in [-0.15, -0.1) is 0 Å². The van der Waals surface area contributed by atoms with Crippen LogP contribution in [-0.2, 0) is 0 Å². The van der Waals surface area contributed by atoms with Crippen molar-refractivity contribution >= 4 is 16.7 Å². The Balaban J connectivity index is 2.02. The number of hydrogen-bond donors (Lipinski definition) is 0. The average Bonchev–Trinajstić information content (AvgIpc) is 2.56. The van der Waals surface area contributed by atoms with E-state index in [1.165, 1.54) is 5.69 Å². The lowest BCUT2D eigenvalue weighted by atomic mass is 10.1. The number of benzene rings is 2. The Morgan fingerprint density at radius 1 is 0.955 bits per heavy atom. The standard InChI is InChI=1S/C19H19NO2/c1-3-20(4-2)15-11-9-14(10-12-15)19-13-17(21)16-7-5-6-8-18(16)22-19/h5-13H,3-4H2,1-2H3. The fraction of sp³-hybridized carbons (Fsp3) is 0.211. The minimum Gasteiger partial charge on any atom is -0.456 e. The molecule has 3 heteroatoms. The lowest BCUT2D eigenvalue weighted by Gasteiger charge is -2.21. The molecule has 0 saturated carbocycles. The topological polar surface area (TPSA) is 33.5 Å². The molecule has 0 fully saturated rings. The summed E-state index contributed by atoms with van der Waals surface area (Å²) in [5.74, 6) is 0.606. The largest absolute Gasteiger partial charge is 0.456 e. The van der Waals surface area contributed by atoms with Crippen LogP contribution < -0.4 is 10.3 Å². The summed E-state index contributed by atoms with van der Waals surface area (Å²) in [6, 6.07) is 17.0. The second kappa shape index (κ2) is 6.06. The zero-order valence-electron chi connectivity index (χ0n) is 12.9. The zero-order chi connectivity index (χ0) is 15.5. The summed E-state index contributed by atoms with van der Waals surface area (Å²) < 4.78 is 5.87. The van der Waals surface area contributed by atoms with Gasteiger partial charge in [0, 0.05) is 30.4 Å². The Bertz CT molecular complexity index is 830. The summed E-state index contributed by atoms with van der Waals surface area (Å²) in [5, 5.41) is 0.617. The molecule has 112 valence electrons. The van der Waals surface area contributed by atoms with E-state index in [9.17, 15) is 4.79 Å². The van der Waals surface area contributed by atoms with Crippen LogP contribution in [0, 0.1) is 0 Å². The molecule has 0 N–H and O–H groups in total. The fourth-order valence-corrected chi connectivity index (χ4v) is 2.67. The van der Waals surface area contributed by atoms with Crippen molar-refractivity contribution in [2.45, 2.75) is 13.8 Å². The van der Waals surface area contributed by atoms with Crippen LogP contribution in [0.1, 0.15) is 13.8 Å². The molecule has 3 rings (SSSR count). The molecule has 0 atom stereocenters. The van der Waals surface area contributed by atoms with Crippen molar-refractivity contribution in [2.75, 3.05) is 18.0 Å². The Morgan fingerprint density at radius 2 is 1.64 bits per heavy atom. The Hall–Kier alpha value is -2.55. The highest BCUT2D eigenvalue weighted by Crippen LogP contribution is 2.24. The van der Waals surface area contributed by atoms with E-state index in [2.05, 4.69) is 30.9 Å². The molecule has 0 aliphatic heterocycles. The first-order valence-electron chi connectivity index (χ1n) is 7.61. The van der Waals surface area contributed by atoms with Gasteiger partial charge in [0.1, 0.15) is 11.3 Å². The monoisotopic (exact) mass is 293 g/mol. The van der Waals surface area contributed by atoms with Gasteiger partial charge < -0.3 is 9.32 Å². The molecule has 0 unspecified atom stereocenters. The molecule has 1 heterocycles. The molecule has 3 nitrogen and oxygen atoms in total. The number of fused-ring (bicyclic) bond motifs is 1. The summed E-state index contributed by atoms with van der Waals surface area (Å²) in [5.41, 5.74) is 2.71. The molecule has 22 heavy (non-hydrogen) atoms. The van der Waals surface area contributed by atoms with E-state index in [0.29, 0.717) is 16.7 Å². The van der Waals surface area contributed by atoms with Gasteiger partial charge in [-0.3, -0.25) is 4.79 Å². The van der Waals surface area contributed by atoms with Crippen LogP contribution in [0.25, 0.3) is 22.3 Å². The quantitative estimate of drug-likeness (QED) is 0.719. The van der Waals surface area contributed by atoms with Gasteiger partial charge in [0.25, 0.3) is 0 Å². The molecule has 0 aliphatic rings. The minimum atomic E-state index is -0.00957. The molecule has 2 aromatic carbocycles. The number of nitrogens with zero attached hydrogens (tertiary/aromatic N) is 1. The van der Waals surface area contributed by atoms with Gasteiger partial charge in [0.15, 0.2) is 5.43 Å². The van der Waals surface area contributed by atoms with Crippen LogP contribution in [0.3, 0.4) is 0 Å². The van der Waals surface area contributed by atoms with Crippen LogP contribution >= 0.6 is 0 Å². The first-order valence-corrected chi connectivity index (χ1v) is 7.61. The van der Waals surface area contributed by atoms with E-state index in [1.54, 1.807) is 12.1 Å². The molecular formula is C19H19NO2. The molecular weight excluding hydrogens is 274 g/mol. The zero-order valence-corrected chi connectivity index (χ0v) is 12.9. The molecule has 1 aromatic heterocycles. The summed E-state index contributed by atoms with van der Waals surface area (Å²) in [6.45, 7) is 6.22. The summed E-state index contributed by atoms with van der Waals surface area (Å²) in [6.07, 6.45) is 0. The molecule has 0 saturated heterocycles. The van der Waals surface area contributed by atoms with Gasteiger partial charge in [-0.1, -0.05) is 12.1 Å². The Kier molecular flexibility index (Phi) is 3.96. The van der Waals surface area contributed by atoms with Gasteiger partial charge in [0.2, 0.25) is 0 Å². The summed E-state index contributed by atoms with van der Waals surface area (Å²) in [7, 11) is 0. The molecule has 0 bridgehead atoms. The van der Waals surface area contributed by atoms with E-state index in [4.69, 9.17) is 4.42 Å². The maximum atomic E-state index is 12.2. The van der Waals surface area contributed by atoms with Gasteiger partial charge in [-0.25, -0.2) is 0 Å². The van der Waals surface area contributed by atoms with Crippen LogP contribution in [-0.4, -0.2) is 13.1 Å². The fourth-order valence-electron chi connectivity index (χ4n) is 2.67. The van der Waals surface area contributed by atoms with Crippen molar-refractivity contribution in [1.29, 1.82) is 0 Å². The van der Waals surface area contributed by atoms with Crippen LogP contribution in [0.2, 0.25) is 0 Å². The van der Waals surface area contributed by atoms with Gasteiger partial charge >= 0.3 is 0 Å². The first-order chi connectivity index (χ1) is 10.7. The second-order valence-corrected chi connectivity index (χ2v) is 5.19. The third kappa shape index (κ3) is 2.62. The summed E-state index contributed by atoms with van der Waals surface area (Å²) >= 11 is 0.